The molecular weight excluding hydrogens is 167 g/mol. The first-order valence-electron chi connectivity index (χ1n) is 3.17. The molecule has 2 N–H and O–H groups in total. The Hall–Kier alpha value is 0.316. The van der Waals surface area contributed by atoms with Gasteiger partial charge in [-0.15, -0.1) is 0 Å². The van der Waals surface area contributed by atoms with Crippen LogP contribution in [0.5, 0.6) is 0 Å². The predicted octanol–water partition coefficient (Wildman–Crippen LogP) is -2.88. The number of anilines is 2. The zero-order chi connectivity index (χ0) is 6.81. The third-order valence-corrected chi connectivity index (χ3v) is 1.40. The van der Waals surface area contributed by atoms with Crippen LogP contribution in [0.25, 0.3) is 0 Å². The van der Waals surface area contributed by atoms with E-state index >= 15 is 0 Å². The molecule has 1 aliphatic heterocycles. The molecule has 0 unspecified atom stereocenters. The molecule has 0 fully saturated rings. The molecule has 0 amide bonds. The van der Waals surface area contributed by atoms with E-state index in [2.05, 4.69) is 26.9 Å². The quantitative estimate of drug-likeness (QED) is 0.328. The molecule has 0 saturated carbocycles. The fraction of sp³-hybridized carbons (Fsp3) is 0.333. The molecule has 52 valence electrons. The van der Waals surface area contributed by atoms with Crippen molar-refractivity contribution in [3.63, 3.8) is 0 Å². The van der Waals surface area contributed by atoms with Gasteiger partial charge in [0.1, 0.15) is 0 Å². The Labute approximate surface area is 108 Å². The van der Waals surface area contributed by atoms with Crippen molar-refractivity contribution in [1.29, 1.82) is 0 Å². The van der Waals surface area contributed by atoms with Crippen molar-refractivity contribution in [3.05, 3.63) is 12.5 Å². The molecule has 0 saturated heterocycles. The van der Waals surface area contributed by atoms with Gasteiger partial charge in [-0.3, -0.25) is 0 Å². The van der Waals surface area contributed by atoms with E-state index < -0.39 is 0 Å². The van der Waals surface area contributed by atoms with E-state index in [1.165, 1.54) is 0 Å². The molecule has 1 aromatic rings. The summed E-state index contributed by atoms with van der Waals surface area (Å²) in [4.78, 5) is 7.67. The average Bonchev–Trinajstić information content (AvgIpc) is 2.05. The fourth-order valence-electron chi connectivity index (χ4n) is 0.936. The minimum absolute atomic E-state index is 0. The molecule has 0 atom stereocenters. The average molecular weight is 174 g/mol. The molecule has 2 heterocycles. The van der Waals surface area contributed by atoms with Crippen molar-refractivity contribution in [2.75, 3.05) is 23.7 Å². The van der Waals surface area contributed by atoms with E-state index in [0.717, 1.165) is 24.6 Å². The van der Waals surface area contributed by atoms with E-state index in [4.69, 9.17) is 0 Å². The van der Waals surface area contributed by atoms with Crippen molar-refractivity contribution in [1.82, 2.24) is 9.97 Å². The summed E-state index contributed by atoms with van der Waals surface area (Å²) in [5.74, 6) is 0.848. The van der Waals surface area contributed by atoms with Crippen molar-refractivity contribution in [3.8, 4) is 0 Å². The zero-order valence-electron chi connectivity index (χ0n) is 6.39. The Morgan fingerprint density at radius 3 is 3.00 bits per heavy atom. The van der Waals surface area contributed by atoms with Crippen molar-refractivity contribution < 1.29 is 51.4 Å². The second kappa shape index (κ2) is 4.37. The first-order valence-corrected chi connectivity index (χ1v) is 3.17. The summed E-state index contributed by atoms with van der Waals surface area (Å²) >= 11 is 0. The summed E-state index contributed by atoms with van der Waals surface area (Å²) in [6, 6.07) is 0. The van der Waals surface area contributed by atoms with Gasteiger partial charge in [0.25, 0.3) is 0 Å². The normalized spacial score (nSPS) is 13.5. The van der Waals surface area contributed by atoms with Crippen LogP contribution in [-0.2, 0) is 0 Å². The van der Waals surface area contributed by atoms with E-state index in [1.54, 1.807) is 6.20 Å². The van der Waals surface area contributed by atoms with Crippen molar-refractivity contribution >= 4 is 11.5 Å². The number of hydrogen-bond donors (Lipinski definition) is 2. The third kappa shape index (κ3) is 2.13. The third-order valence-electron chi connectivity index (χ3n) is 1.40. The molecule has 1 aromatic heterocycles. The van der Waals surface area contributed by atoms with E-state index in [0.29, 0.717) is 0 Å². The van der Waals surface area contributed by atoms with Crippen LogP contribution in [-0.4, -0.2) is 23.1 Å². The van der Waals surface area contributed by atoms with Gasteiger partial charge >= 0.3 is 51.4 Å². The number of rotatable bonds is 0. The fourth-order valence-corrected chi connectivity index (χ4v) is 0.936. The van der Waals surface area contributed by atoms with Gasteiger partial charge in [-0.25, -0.2) is 0 Å². The molecule has 0 spiro atoms. The van der Waals surface area contributed by atoms with Crippen molar-refractivity contribution in [2.24, 2.45) is 0 Å². The molecule has 0 bridgehead atoms. The number of fused-ring (bicyclic) bond motifs is 1. The van der Waals surface area contributed by atoms with Crippen LogP contribution in [0.4, 0.5) is 11.5 Å². The van der Waals surface area contributed by atoms with Gasteiger partial charge in [0, 0.05) is 25.2 Å². The largest absolute Gasteiger partial charge is 1.00 e. The first kappa shape index (κ1) is 9.40. The Balaban J connectivity index is 0.000000605. The Morgan fingerprint density at radius 1 is 1.36 bits per heavy atom. The number of nitrogens with one attached hydrogen (secondary N) is 2. The summed E-state index contributed by atoms with van der Waals surface area (Å²) < 4.78 is 0. The maximum Gasteiger partial charge on any atom is 1.00 e. The monoisotopic (exact) mass is 174 g/mol. The Morgan fingerprint density at radius 2 is 2.18 bits per heavy atom. The minimum Gasteiger partial charge on any atom is -0.419 e. The van der Waals surface area contributed by atoms with Crippen LogP contribution < -0.4 is 62.0 Å². The summed E-state index contributed by atoms with van der Waals surface area (Å²) in [7, 11) is 0. The van der Waals surface area contributed by atoms with Crippen LogP contribution in [0.1, 0.15) is 0 Å². The molecular formula is C6H7KN4. The molecule has 0 aromatic carbocycles. The molecule has 4 nitrogen and oxygen atoms in total. The topological polar surface area (TPSA) is 49.8 Å². The van der Waals surface area contributed by atoms with Gasteiger partial charge in [-0.05, 0) is 5.69 Å². The van der Waals surface area contributed by atoms with Gasteiger partial charge in [0.15, 0.2) is 0 Å². The number of aromatic nitrogens is 2. The first-order chi connectivity index (χ1) is 4.97. The van der Waals surface area contributed by atoms with Gasteiger partial charge in [-0.2, -0.15) is 0 Å². The van der Waals surface area contributed by atoms with Crippen LogP contribution in [0.2, 0.25) is 0 Å². The summed E-state index contributed by atoms with van der Waals surface area (Å²) in [6.07, 6.45) is 4.23. The molecule has 2 rings (SSSR count). The summed E-state index contributed by atoms with van der Waals surface area (Å²) in [5.41, 5.74) is 0.963. The van der Waals surface area contributed by atoms with E-state index in [9.17, 15) is 0 Å². The minimum atomic E-state index is 0. The summed E-state index contributed by atoms with van der Waals surface area (Å²) in [5, 5.41) is 6.27. The van der Waals surface area contributed by atoms with Crippen LogP contribution in [0.15, 0.2) is 6.20 Å². The molecule has 11 heavy (non-hydrogen) atoms. The predicted molar refractivity (Wildman–Crippen MR) is 37.8 cm³/mol. The summed E-state index contributed by atoms with van der Waals surface area (Å²) in [6.45, 7) is 1.85. The van der Waals surface area contributed by atoms with E-state index in [-0.39, 0.29) is 51.4 Å². The Bertz CT molecular complexity index is 215. The SMILES string of the molecule is [K+].[c-]1ncc2c(n1)NCCN2. The molecule has 5 heteroatoms. The Kier molecular flexibility index (Phi) is 3.74. The van der Waals surface area contributed by atoms with Crippen LogP contribution >= 0.6 is 0 Å². The van der Waals surface area contributed by atoms with Crippen LogP contribution in [0, 0.1) is 6.33 Å². The van der Waals surface area contributed by atoms with Crippen LogP contribution in [0.3, 0.4) is 0 Å². The maximum absolute atomic E-state index is 3.91. The van der Waals surface area contributed by atoms with Crippen molar-refractivity contribution in [2.45, 2.75) is 0 Å². The molecule has 0 aliphatic carbocycles. The molecule has 0 radical (unpaired) electrons. The van der Waals surface area contributed by atoms with Gasteiger partial charge < -0.3 is 20.6 Å². The smallest absolute Gasteiger partial charge is 0.419 e. The second-order valence-corrected chi connectivity index (χ2v) is 2.09. The standard InChI is InChI=1S/C6H7N4.K/c1-2-9-6-5(8-1)3-7-4-10-6;/h3,8H,1-2H2,(H,7,9,10);/q-1;+1. The maximum atomic E-state index is 3.91. The van der Waals surface area contributed by atoms with Gasteiger partial charge in [-0.1, -0.05) is 6.20 Å². The van der Waals surface area contributed by atoms with Gasteiger partial charge in [0.2, 0.25) is 0 Å². The number of nitrogens with zero attached hydrogens (tertiary/aromatic N) is 2. The second-order valence-electron chi connectivity index (χ2n) is 2.09. The zero-order valence-corrected chi connectivity index (χ0v) is 9.51. The van der Waals surface area contributed by atoms with E-state index in [1.807, 2.05) is 0 Å². The number of hydrogen-bond acceptors (Lipinski definition) is 4. The van der Waals surface area contributed by atoms with Gasteiger partial charge in [0.05, 0.1) is 0 Å². The molecule has 1 aliphatic rings.